The number of rotatable bonds is 6. The molecule has 1 heterocycles. The number of hydrogen-bond acceptors (Lipinski definition) is 4. The van der Waals surface area contributed by atoms with E-state index in [4.69, 9.17) is 20.9 Å². The quantitative estimate of drug-likeness (QED) is 0.725. The first kappa shape index (κ1) is 17.0. The van der Waals surface area contributed by atoms with Gasteiger partial charge in [-0.3, -0.25) is 4.79 Å². The molecule has 0 aliphatic rings. The SMILES string of the molecule is COc1ccc(-c2oncc2C(=O)NCCc2cccc(Cl)c2)cc1. The van der Waals surface area contributed by atoms with Crippen molar-refractivity contribution < 1.29 is 14.1 Å². The van der Waals surface area contributed by atoms with Gasteiger partial charge in [-0.15, -0.1) is 0 Å². The molecule has 0 aliphatic carbocycles. The second-order valence-corrected chi connectivity index (χ2v) is 5.87. The van der Waals surface area contributed by atoms with Gasteiger partial charge in [-0.2, -0.15) is 0 Å². The first-order valence-corrected chi connectivity index (χ1v) is 8.17. The Bertz CT molecular complexity index is 859. The van der Waals surface area contributed by atoms with Crippen LogP contribution in [0.15, 0.2) is 59.3 Å². The first-order valence-electron chi connectivity index (χ1n) is 7.79. The Morgan fingerprint density at radius 3 is 2.76 bits per heavy atom. The number of methoxy groups -OCH3 is 1. The van der Waals surface area contributed by atoms with E-state index in [9.17, 15) is 4.79 Å². The molecule has 5 nitrogen and oxygen atoms in total. The molecule has 1 amide bonds. The van der Waals surface area contributed by atoms with Crippen molar-refractivity contribution in [1.29, 1.82) is 0 Å². The number of nitrogens with zero attached hydrogens (tertiary/aromatic N) is 1. The molecule has 6 heteroatoms. The lowest BCUT2D eigenvalue weighted by Gasteiger charge is -2.06. The highest BCUT2D eigenvalue weighted by Crippen LogP contribution is 2.25. The maximum atomic E-state index is 12.4. The van der Waals surface area contributed by atoms with E-state index < -0.39 is 0 Å². The molecule has 2 aromatic carbocycles. The number of hydrogen-bond donors (Lipinski definition) is 1. The van der Waals surface area contributed by atoms with Crippen LogP contribution in [0.25, 0.3) is 11.3 Å². The highest BCUT2D eigenvalue weighted by molar-refractivity contribution is 6.30. The Labute approximate surface area is 150 Å². The summed E-state index contributed by atoms with van der Waals surface area (Å²) in [6, 6.07) is 14.8. The minimum Gasteiger partial charge on any atom is -0.497 e. The first-order chi connectivity index (χ1) is 12.2. The summed E-state index contributed by atoms with van der Waals surface area (Å²) in [6.45, 7) is 0.492. The molecule has 0 saturated heterocycles. The van der Waals surface area contributed by atoms with Crippen LogP contribution in [0.2, 0.25) is 5.02 Å². The Morgan fingerprint density at radius 2 is 2.04 bits per heavy atom. The number of benzene rings is 2. The lowest BCUT2D eigenvalue weighted by molar-refractivity contribution is 0.0954. The van der Waals surface area contributed by atoms with Crippen LogP contribution in [-0.4, -0.2) is 24.7 Å². The second-order valence-electron chi connectivity index (χ2n) is 5.43. The van der Waals surface area contributed by atoms with Gasteiger partial charge in [0.1, 0.15) is 11.3 Å². The van der Waals surface area contributed by atoms with Crippen molar-refractivity contribution in [3.8, 4) is 17.1 Å². The largest absolute Gasteiger partial charge is 0.497 e. The van der Waals surface area contributed by atoms with E-state index in [-0.39, 0.29) is 5.91 Å². The summed E-state index contributed by atoms with van der Waals surface area (Å²) in [5.74, 6) is 0.938. The number of halogens is 1. The molecule has 0 radical (unpaired) electrons. The molecule has 3 aromatic rings. The molecule has 3 rings (SSSR count). The van der Waals surface area contributed by atoms with Crippen LogP contribution in [-0.2, 0) is 6.42 Å². The fourth-order valence-corrected chi connectivity index (χ4v) is 2.67. The molecule has 0 spiro atoms. The number of ether oxygens (including phenoxy) is 1. The lowest BCUT2D eigenvalue weighted by atomic mass is 10.1. The summed E-state index contributed by atoms with van der Waals surface area (Å²) >= 11 is 5.96. The molecule has 0 saturated carbocycles. The summed E-state index contributed by atoms with van der Waals surface area (Å²) in [5.41, 5.74) is 2.23. The van der Waals surface area contributed by atoms with Crippen molar-refractivity contribution >= 4 is 17.5 Å². The van der Waals surface area contributed by atoms with Crippen LogP contribution < -0.4 is 10.1 Å². The minimum atomic E-state index is -0.228. The average molecular weight is 357 g/mol. The van der Waals surface area contributed by atoms with Crippen molar-refractivity contribution in [2.45, 2.75) is 6.42 Å². The molecule has 0 aliphatic heterocycles. The normalized spacial score (nSPS) is 10.5. The van der Waals surface area contributed by atoms with Gasteiger partial charge in [-0.25, -0.2) is 0 Å². The third-order valence-corrected chi connectivity index (χ3v) is 3.99. The van der Waals surface area contributed by atoms with E-state index in [0.717, 1.165) is 16.9 Å². The van der Waals surface area contributed by atoms with Crippen molar-refractivity contribution in [3.05, 3.63) is 70.9 Å². The summed E-state index contributed by atoms with van der Waals surface area (Å²) < 4.78 is 10.4. The maximum absolute atomic E-state index is 12.4. The summed E-state index contributed by atoms with van der Waals surface area (Å²) in [7, 11) is 1.60. The highest BCUT2D eigenvalue weighted by atomic mass is 35.5. The van der Waals surface area contributed by atoms with E-state index in [1.165, 1.54) is 6.20 Å². The van der Waals surface area contributed by atoms with E-state index in [1.807, 2.05) is 36.4 Å². The lowest BCUT2D eigenvalue weighted by Crippen LogP contribution is -2.25. The molecule has 0 unspecified atom stereocenters. The summed E-state index contributed by atoms with van der Waals surface area (Å²) in [5, 5.41) is 7.32. The van der Waals surface area contributed by atoms with E-state index in [1.54, 1.807) is 19.2 Å². The Morgan fingerprint density at radius 1 is 1.24 bits per heavy atom. The van der Waals surface area contributed by atoms with E-state index >= 15 is 0 Å². The fourth-order valence-electron chi connectivity index (χ4n) is 2.46. The van der Waals surface area contributed by atoms with Crippen molar-refractivity contribution in [1.82, 2.24) is 10.5 Å². The molecular formula is C19H17ClN2O3. The molecule has 0 bridgehead atoms. The topological polar surface area (TPSA) is 64.4 Å². The number of nitrogens with one attached hydrogen (secondary N) is 1. The van der Waals surface area contributed by atoms with Crippen LogP contribution >= 0.6 is 11.6 Å². The van der Waals surface area contributed by atoms with Gasteiger partial charge in [-0.05, 0) is 48.4 Å². The van der Waals surface area contributed by atoms with Gasteiger partial charge in [0.05, 0.1) is 13.3 Å². The predicted octanol–water partition coefficient (Wildman–Crippen LogP) is 3.98. The predicted molar refractivity (Wildman–Crippen MR) is 96.0 cm³/mol. The Hall–Kier alpha value is -2.79. The summed E-state index contributed by atoms with van der Waals surface area (Å²) in [6.07, 6.45) is 2.11. The van der Waals surface area contributed by atoms with E-state index in [0.29, 0.717) is 29.3 Å². The van der Waals surface area contributed by atoms with Crippen LogP contribution in [0.4, 0.5) is 0 Å². The van der Waals surface area contributed by atoms with Gasteiger partial charge in [0.25, 0.3) is 5.91 Å². The Kier molecular flexibility index (Phi) is 5.36. The monoisotopic (exact) mass is 356 g/mol. The van der Waals surface area contributed by atoms with Gasteiger partial charge in [0, 0.05) is 17.1 Å². The molecule has 128 valence electrons. The van der Waals surface area contributed by atoms with Crippen molar-refractivity contribution in [3.63, 3.8) is 0 Å². The molecule has 25 heavy (non-hydrogen) atoms. The van der Waals surface area contributed by atoms with Gasteiger partial charge >= 0.3 is 0 Å². The van der Waals surface area contributed by atoms with Gasteiger partial charge in [0.15, 0.2) is 5.76 Å². The van der Waals surface area contributed by atoms with E-state index in [2.05, 4.69) is 10.5 Å². The standard InChI is InChI=1S/C19H17ClN2O3/c1-24-16-7-5-14(6-8-16)18-17(12-22-25-18)19(23)21-10-9-13-3-2-4-15(20)11-13/h2-8,11-12H,9-10H2,1H3,(H,21,23). The van der Waals surface area contributed by atoms with Crippen LogP contribution in [0.5, 0.6) is 5.75 Å². The van der Waals surface area contributed by atoms with Crippen LogP contribution in [0.3, 0.4) is 0 Å². The average Bonchev–Trinajstić information content (AvgIpc) is 3.11. The number of aromatic nitrogens is 1. The highest BCUT2D eigenvalue weighted by Gasteiger charge is 2.17. The zero-order chi connectivity index (χ0) is 17.6. The van der Waals surface area contributed by atoms with Gasteiger partial charge < -0.3 is 14.6 Å². The van der Waals surface area contributed by atoms with Gasteiger partial charge in [0.2, 0.25) is 0 Å². The van der Waals surface area contributed by atoms with Crippen LogP contribution in [0, 0.1) is 0 Å². The number of amides is 1. The summed E-state index contributed by atoms with van der Waals surface area (Å²) in [4.78, 5) is 12.4. The maximum Gasteiger partial charge on any atom is 0.256 e. The zero-order valence-corrected chi connectivity index (χ0v) is 14.4. The molecule has 0 fully saturated rings. The van der Waals surface area contributed by atoms with Crippen molar-refractivity contribution in [2.24, 2.45) is 0 Å². The van der Waals surface area contributed by atoms with Crippen LogP contribution in [0.1, 0.15) is 15.9 Å². The second kappa shape index (κ2) is 7.85. The smallest absolute Gasteiger partial charge is 0.256 e. The third kappa shape index (κ3) is 4.19. The van der Waals surface area contributed by atoms with Gasteiger partial charge in [-0.1, -0.05) is 28.9 Å². The Balaban J connectivity index is 1.65. The third-order valence-electron chi connectivity index (χ3n) is 3.76. The van der Waals surface area contributed by atoms with Crippen molar-refractivity contribution in [2.75, 3.05) is 13.7 Å². The number of carbonyl (C=O) groups excluding carboxylic acids is 1. The number of carbonyl (C=O) groups is 1. The fraction of sp³-hybridized carbons (Fsp3) is 0.158. The molecule has 0 atom stereocenters. The molecule has 1 aromatic heterocycles. The zero-order valence-electron chi connectivity index (χ0n) is 13.7. The molecular weight excluding hydrogens is 340 g/mol. The minimum absolute atomic E-state index is 0.228. The molecule has 1 N–H and O–H groups in total.